The van der Waals surface area contributed by atoms with Crippen LogP contribution >= 0.6 is 11.8 Å². The lowest BCUT2D eigenvalue weighted by molar-refractivity contribution is -0.146. The molecule has 1 unspecified atom stereocenters. The maximum Gasteiger partial charge on any atom is 0.287 e. The van der Waals surface area contributed by atoms with Gasteiger partial charge in [0.25, 0.3) is 11.8 Å². The van der Waals surface area contributed by atoms with Crippen LogP contribution < -0.4 is 16.4 Å². The number of thioether (sulfide) groups is 1. The third-order valence-electron chi connectivity index (χ3n) is 10.8. The fraction of sp³-hybridized carbons (Fsp3) is 0.639. The normalized spacial score (nSPS) is 21.8. The summed E-state index contributed by atoms with van der Waals surface area (Å²) in [6.45, 7) is 0.0932. The number of sulfone groups is 1. The number of aromatic nitrogens is 3. The summed E-state index contributed by atoms with van der Waals surface area (Å²) in [6, 6.07) is 4.79. The zero-order chi connectivity index (χ0) is 37.5. The third-order valence-corrected chi connectivity index (χ3v) is 12.4. The summed E-state index contributed by atoms with van der Waals surface area (Å²) >= 11 is 1.56. The average Bonchev–Trinajstić information content (AvgIpc) is 3.45. The molecule has 2 aromatic rings. The first-order valence-corrected chi connectivity index (χ1v) is 21.6. The summed E-state index contributed by atoms with van der Waals surface area (Å²) in [5.41, 5.74) is 4.82. The first-order chi connectivity index (χ1) is 24.8. The molecule has 4 amide bonds. The molecule has 1 saturated heterocycles. The van der Waals surface area contributed by atoms with E-state index in [1.807, 2.05) is 18.4 Å². The number of carbonyl (C=O) groups is 5. The number of rotatable bonds is 13. The van der Waals surface area contributed by atoms with E-state index in [1.165, 1.54) is 11.1 Å². The Kier molecular flexibility index (Phi) is 13.2. The summed E-state index contributed by atoms with van der Waals surface area (Å²) in [5.74, 6) is -3.41. The van der Waals surface area contributed by atoms with Crippen LogP contribution in [0.15, 0.2) is 35.4 Å². The quantitative estimate of drug-likeness (QED) is 0.201. The number of likely N-dealkylation sites (tertiary alicyclic amines) is 1. The van der Waals surface area contributed by atoms with Gasteiger partial charge in [0, 0.05) is 23.3 Å². The van der Waals surface area contributed by atoms with E-state index in [2.05, 4.69) is 20.9 Å². The predicted molar refractivity (Wildman–Crippen MR) is 196 cm³/mol. The molecule has 2 saturated carbocycles. The minimum atomic E-state index is -3.41. The van der Waals surface area contributed by atoms with Crippen molar-refractivity contribution in [2.45, 2.75) is 124 Å². The molecule has 14 nitrogen and oxygen atoms in total. The number of primary amides is 1. The van der Waals surface area contributed by atoms with Crippen molar-refractivity contribution in [3.63, 3.8) is 0 Å². The largest absolute Gasteiger partial charge is 0.363 e. The van der Waals surface area contributed by atoms with Gasteiger partial charge < -0.3 is 21.3 Å². The molecule has 0 spiro atoms. The third kappa shape index (κ3) is 9.79. The van der Waals surface area contributed by atoms with Crippen LogP contribution in [-0.4, -0.2) is 94.4 Å². The Labute approximate surface area is 309 Å². The van der Waals surface area contributed by atoms with Gasteiger partial charge in [-0.05, 0) is 75.0 Å². The number of carbonyl (C=O) groups excluding carboxylic acids is 5. The first-order valence-electron chi connectivity index (χ1n) is 18.3. The number of nitrogens with one attached hydrogen (secondary N) is 2. The van der Waals surface area contributed by atoms with Gasteiger partial charge in [0.15, 0.2) is 9.84 Å². The number of ketones is 1. The van der Waals surface area contributed by atoms with E-state index in [-0.39, 0.29) is 43.5 Å². The number of hydrogen-bond donors (Lipinski definition) is 3. The number of benzene rings is 1. The van der Waals surface area contributed by atoms with Crippen molar-refractivity contribution in [1.29, 1.82) is 0 Å². The smallest absolute Gasteiger partial charge is 0.287 e. The topological polar surface area (TPSA) is 204 Å². The molecule has 1 aromatic carbocycles. The molecule has 3 aliphatic rings. The highest BCUT2D eigenvalue weighted by atomic mass is 32.2. The zero-order valence-corrected chi connectivity index (χ0v) is 31.7. The van der Waals surface area contributed by atoms with Crippen molar-refractivity contribution < 1.29 is 32.4 Å². The van der Waals surface area contributed by atoms with E-state index in [9.17, 15) is 32.4 Å². The van der Waals surface area contributed by atoms with Gasteiger partial charge in [-0.25, -0.2) is 13.1 Å². The molecule has 2 heterocycles. The molecule has 1 aliphatic heterocycles. The Balaban J connectivity index is 1.48. The van der Waals surface area contributed by atoms with Crippen molar-refractivity contribution in [3.8, 4) is 0 Å². The SMILES string of the molecule is CSc1ccc(C(=O)N[C@H](CC2CCCCC2)C(=O)N2CCC(n3nncc3CS(C)(=O)=O)CC[C@H]2C(=O)NC2(C(=O)C(N)=O)CCCCC2)cc1. The van der Waals surface area contributed by atoms with Gasteiger partial charge in [0.2, 0.25) is 17.6 Å². The lowest BCUT2D eigenvalue weighted by atomic mass is 9.78. The second-order valence-electron chi connectivity index (χ2n) is 14.6. The van der Waals surface area contributed by atoms with Crippen LogP contribution in [0.2, 0.25) is 0 Å². The van der Waals surface area contributed by atoms with Crippen LogP contribution in [0.3, 0.4) is 0 Å². The Hall–Kier alpha value is -3.79. The fourth-order valence-corrected chi connectivity index (χ4v) is 9.25. The molecule has 1 aromatic heterocycles. The van der Waals surface area contributed by atoms with Crippen LogP contribution in [0.1, 0.15) is 112 Å². The van der Waals surface area contributed by atoms with Crippen LogP contribution in [0.4, 0.5) is 0 Å². The highest BCUT2D eigenvalue weighted by Gasteiger charge is 2.46. The number of nitrogens with zero attached hydrogens (tertiary/aromatic N) is 4. The van der Waals surface area contributed by atoms with E-state index >= 15 is 0 Å². The molecule has 3 atom stereocenters. The molecule has 284 valence electrons. The van der Waals surface area contributed by atoms with Gasteiger partial charge in [-0.2, -0.15) is 0 Å². The summed E-state index contributed by atoms with van der Waals surface area (Å²) in [6.07, 6.45) is 13.4. The van der Waals surface area contributed by atoms with Crippen LogP contribution in [0, 0.1) is 5.92 Å². The highest BCUT2D eigenvalue weighted by molar-refractivity contribution is 7.98. The summed E-state index contributed by atoms with van der Waals surface area (Å²) in [4.78, 5) is 70.8. The van der Waals surface area contributed by atoms with Crippen molar-refractivity contribution in [2.24, 2.45) is 11.7 Å². The molecule has 16 heteroatoms. The van der Waals surface area contributed by atoms with Crippen LogP contribution in [0.25, 0.3) is 0 Å². The minimum absolute atomic E-state index is 0.0932. The van der Waals surface area contributed by atoms with E-state index in [0.717, 1.165) is 49.7 Å². The maximum atomic E-state index is 14.8. The summed E-state index contributed by atoms with van der Waals surface area (Å²) in [7, 11) is -3.41. The van der Waals surface area contributed by atoms with E-state index in [4.69, 9.17) is 5.73 Å². The van der Waals surface area contributed by atoms with Crippen LogP contribution in [0.5, 0.6) is 0 Å². The molecule has 3 fully saturated rings. The lowest BCUT2D eigenvalue weighted by Crippen LogP contribution is -2.63. The first kappa shape index (κ1) is 39.4. The van der Waals surface area contributed by atoms with Gasteiger partial charge in [-0.1, -0.05) is 56.6 Å². The summed E-state index contributed by atoms with van der Waals surface area (Å²) in [5, 5.41) is 14.1. The number of amides is 4. The molecule has 2 aliphatic carbocycles. The molecular weight excluding hydrogens is 707 g/mol. The Morgan fingerprint density at radius 3 is 2.27 bits per heavy atom. The van der Waals surface area contributed by atoms with Gasteiger partial charge in [-0.3, -0.25) is 24.0 Å². The van der Waals surface area contributed by atoms with Gasteiger partial charge in [-0.15, -0.1) is 16.9 Å². The van der Waals surface area contributed by atoms with Gasteiger partial charge in [0.1, 0.15) is 17.6 Å². The Bertz CT molecular complexity index is 1720. The van der Waals surface area contributed by atoms with E-state index in [1.54, 1.807) is 28.6 Å². The molecule has 0 radical (unpaired) electrons. The standard InChI is InChI=1S/C36H51N7O7S2/c1-51-28-14-11-25(12-15-28)33(46)39-29(21-24-9-5-3-6-10-24)35(48)42-20-17-26(43-27(22-38-41-43)23-52(2,49)50)13-16-30(42)34(47)40-36(31(44)32(37)45)18-7-4-8-19-36/h11-12,14-15,22,24,26,29-30H,3-10,13,16-21,23H2,1-2H3,(H2,37,45)(H,39,46)(H,40,47)/t26?,29-,30+/m1/s1. The number of nitrogens with two attached hydrogens (primary N) is 1. The summed E-state index contributed by atoms with van der Waals surface area (Å²) < 4.78 is 26.0. The van der Waals surface area contributed by atoms with Crippen molar-refractivity contribution >= 4 is 51.0 Å². The van der Waals surface area contributed by atoms with E-state index in [0.29, 0.717) is 43.4 Å². The molecular formula is C36H51N7O7S2. The minimum Gasteiger partial charge on any atom is -0.363 e. The van der Waals surface area contributed by atoms with Crippen molar-refractivity contribution in [3.05, 3.63) is 41.7 Å². The van der Waals surface area contributed by atoms with Crippen molar-refractivity contribution in [2.75, 3.05) is 19.1 Å². The number of Topliss-reactive ketones (excluding diaryl/α,β-unsaturated/α-hetero) is 1. The van der Waals surface area contributed by atoms with E-state index < -0.39 is 56.9 Å². The Morgan fingerprint density at radius 1 is 0.962 bits per heavy atom. The average molecular weight is 758 g/mol. The fourth-order valence-electron chi connectivity index (χ4n) is 8.10. The highest BCUT2D eigenvalue weighted by Crippen LogP contribution is 2.33. The predicted octanol–water partition coefficient (Wildman–Crippen LogP) is 3.11. The number of hydrogen-bond acceptors (Lipinski definition) is 10. The molecule has 5 rings (SSSR count). The Morgan fingerprint density at radius 2 is 1.63 bits per heavy atom. The van der Waals surface area contributed by atoms with Gasteiger partial charge >= 0.3 is 0 Å². The lowest BCUT2D eigenvalue weighted by Gasteiger charge is -2.39. The molecule has 0 bridgehead atoms. The van der Waals surface area contributed by atoms with Crippen LogP contribution in [-0.2, 0) is 34.8 Å². The van der Waals surface area contributed by atoms with Gasteiger partial charge in [0.05, 0.1) is 23.7 Å². The maximum absolute atomic E-state index is 14.8. The zero-order valence-electron chi connectivity index (χ0n) is 30.1. The second kappa shape index (κ2) is 17.4. The van der Waals surface area contributed by atoms with Crippen molar-refractivity contribution in [1.82, 2.24) is 30.5 Å². The monoisotopic (exact) mass is 757 g/mol. The molecule has 4 N–H and O–H groups in total. The second-order valence-corrected chi connectivity index (χ2v) is 17.6. The molecule has 52 heavy (non-hydrogen) atoms.